The predicted molar refractivity (Wildman–Crippen MR) is 138 cm³/mol. The number of hydrogen-bond donors (Lipinski definition) is 4. The monoisotopic (exact) mass is 467 g/mol. The third-order valence-corrected chi connectivity index (χ3v) is 5.38. The molecule has 0 fully saturated rings. The van der Waals surface area contributed by atoms with E-state index in [0.717, 1.165) is 10.8 Å². The molecule has 0 saturated heterocycles. The van der Waals surface area contributed by atoms with E-state index in [1.165, 1.54) is 18.2 Å². The summed E-state index contributed by atoms with van der Waals surface area (Å²) >= 11 is 0. The van der Waals surface area contributed by atoms with E-state index in [1.54, 1.807) is 48.5 Å². The minimum atomic E-state index is -0.684. The average molecular weight is 468 g/mol. The number of nitrogen functional groups attached to an aromatic ring is 1. The number of anilines is 3. The lowest BCUT2D eigenvalue weighted by atomic mass is 10.1. The van der Waals surface area contributed by atoms with E-state index in [1.807, 2.05) is 36.4 Å². The van der Waals surface area contributed by atoms with Crippen LogP contribution in [0.4, 0.5) is 21.9 Å². The number of amides is 2. The quantitative estimate of drug-likeness (QED) is 0.197. The molecule has 176 valence electrons. The van der Waals surface area contributed by atoms with Gasteiger partial charge in [-0.25, -0.2) is 4.79 Å². The number of nitrogens with one attached hydrogen (secondary N) is 2. The van der Waals surface area contributed by atoms with Gasteiger partial charge in [0.1, 0.15) is 11.9 Å². The molecule has 4 aromatic carbocycles. The normalized spacial score (nSPS) is 11.8. The Hall–Kier alpha value is -4.78. The van der Waals surface area contributed by atoms with Crippen LogP contribution < -0.4 is 16.4 Å². The van der Waals surface area contributed by atoms with Gasteiger partial charge in [-0.05, 0) is 47.4 Å². The van der Waals surface area contributed by atoms with Crippen LogP contribution in [0.1, 0.15) is 18.1 Å². The first kappa shape index (κ1) is 23.4. The van der Waals surface area contributed by atoms with Crippen LogP contribution in [0.3, 0.4) is 0 Å². The lowest BCUT2D eigenvalue weighted by Gasteiger charge is -2.18. The van der Waals surface area contributed by atoms with E-state index in [2.05, 4.69) is 10.6 Å². The molecule has 0 radical (unpaired) electrons. The molecule has 0 saturated carbocycles. The Labute approximate surface area is 202 Å². The van der Waals surface area contributed by atoms with Gasteiger partial charge >= 0.3 is 6.09 Å². The fourth-order valence-electron chi connectivity index (χ4n) is 3.63. The van der Waals surface area contributed by atoms with Gasteiger partial charge in [0, 0.05) is 11.8 Å². The number of carbonyl (C=O) groups excluding carboxylic acids is 2. The summed E-state index contributed by atoms with van der Waals surface area (Å²) in [7, 11) is 0. The second-order valence-electron chi connectivity index (χ2n) is 7.85. The summed E-state index contributed by atoms with van der Waals surface area (Å²) in [4.78, 5) is 25.1. The SMILES string of the molecule is Nc1ccccc1NC(=O)/C=C/C[C@H](OC(=O)Nc1cccc2ccccc12)c1ccc(O)cc1. The van der Waals surface area contributed by atoms with Gasteiger partial charge in [0.05, 0.1) is 17.1 Å². The van der Waals surface area contributed by atoms with Crippen LogP contribution in [-0.4, -0.2) is 17.1 Å². The zero-order valence-corrected chi connectivity index (χ0v) is 18.8. The molecule has 0 aromatic heterocycles. The van der Waals surface area contributed by atoms with Gasteiger partial charge in [-0.2, -0.15) is 0 Å². The first-order chi connectivity index (χ1) is 17.0. The second kappa shape index (κ2) is 10.9. The summed E-state index contributed by atoms with van der Waals surface area (Å²) in [5.74, 6) is -0.254. The maximum Gasteiger partial charge on any atom is 0.412 e. The third kappa shape index (κ3) is 6.17. The van der Waals surface area contributed by atoms with Gasteiger partial charge in [-0.1, -0.05) is 66.7 Å². The number of rotatable bonds is 7. The Morgan fingerprint density at radius 3 is 2.34 bits per heavy atom. The molecule has 5 N–H and O–H groups in total. The van der Waals surface area contributed by atoms with Crippen molar-refractivity contribution in [2.24, 2.45) is 0 Å². The number of aromatic hydroxyl groups is 1. The largest absolute Gasteiger partial charge is 0.508 e. The van der Waals surface area contributed by atoms with E-state index >= 15 is 0 Å². The van der Waals surface area contributed by atoms with Gasteiger partial charge in [0.2, 0.25) is 5.91 Å². The summed E-state index contributed by atoms with van der Waals surface area (Å²) in [6.45, 7) is 0. The first-order valence-electron chi connectivity index (χ1n) is 11.1. The van der Waals surface area contributed by atoms with Gasteiger partial charge in [-0.3, -0.25) is 10.1 Å². The van der Waals surface area contributed by atoms with Crippen molar-refractivity contribution in [3.05, 3.63) is 109 Å². The summed E-state index contributed by atoms with van der Waals surface area (Å²) in [6.07, 6.45) is 1.92. The molecular formula is C28H25N3O4. The molecule has 0 aliphatic heterocycles. The number of para-hydroxylation sites is 2. The molecule has 0 aliphatic carbocycles. The highest BCUT2D eigenvalue weighted by atomic mass is 16.6. The van der Waals surface area contributed by atoms with Gasteiger partial charge in [-0.15, -0.1) is 0 Å². The molecule has 0 spiro atoms. The zero-order chi connectivity index (χ0) is 24.6. The number of phenols is 1. The first-order valence-corrected chi connectivity index (χ1v) is 11.1. The molecule has 0 aliphatic rings. The van der Waals surface area contributed by atoms with E-state index in [4.69, 9.17) is 10.5 Å². The number of phenolic OH excluding ortho intramolecular Hbond substituents is 1. The van der Waals surface area contributed by atoms with Gasteiger partial charge in [0.25, 0.3) is 0 Å². The van der Waals surface area contributed by atoms with E-state index in [-0.39, 0.29) is 18.1 Å². The van der Waals surface area contributed by atoms with Crippen LogP contribution in [0.15, 0.2) is 103 Å². The molecular weight excluding hydrogens is 442 g/mol. The fourth-order valence-corrected chi connectivity index (χ4v) is 3.63. The highest BCUT2D eigenvalue weighted by Crippen LogP contribution is 2.27. The molecule has 35 heavy (non-hydrogen) atoms. The number of fused-ring (bicyclic) bond motifs is 1. The molecule has 2 amide bonds. The lowest BCUT2D eigenvalue weighted by molar-refractivity contribution is -0.111. The van der Waals surface area contributed by atoms with E-state index in [0.29, 0.717) is 22.6 Å². The summed E-state index contributed by atoms with van der Waals surface area (Å²) in [5, 5.41) is 17.0. The van der Waals surface area contributed by atoms with E-state index in [9.17, 15) is 14.7 Å². The molecule has 0 unspecified atom stereocenters. The summed E-state index contributed by atoms with van der Waals surface area (Å²) < 4.78 is 5.71. The minimum absolute atomic E-state index is 0.100. The third-order valence-electron chi connectivity index (χ3n) is 5.38. The van der Waals surface area contributed by atoms with Gasteiger partial charge in [0.15, 0.2) is 0 Å². The van der Waals surface area contributed by atoms with Crippen LogP contribution in [0.2, 0.25) is 0 Å². The standard InChI is InChI=1S/C28H25N3O4/c29-23-10-3-4-11-25(23)30-27(33)14-6-13-26(20-15-17-21(32)18-16-20)35-28(34)31-24-12-5-8-19-7-1-2-9-22(19)24/h1-12,14-18,26,32H,13,29H2,(H,30,33)(H,31,34)/b14-6+/t26-/m0/s1. The van der Waals surface area contributed by atoms with Crippen molar-refractivity contribution in [3.8, 4) is 5.75 Å². The van der Waals surface area contributed by atoms with Crippen LogP contribution in [-0.2, 0) is 9.53 Å². The maximum atomic E-state index is 12.8. The Kier molecular flexibility index (Phi) is 7.28. The molecule has 0 heterocycles. The molecule has 7 nitrogen and oxygen atoms in total. The lowest BCUT2D eigenvalue weighted by Crippen LogP contribution is -2.17. The van der Waals surface area contributed by atoms with Crippen molar-refractivity contribution in [2.45, 2.75) is 12.5 Å². The number of hydrogen-bond acceptors (Lipinski definition) is 5. The summed E-state index contributed by atoms with van der Waals surface area (Å²) in [5.41, 5.74) is 8.15. The summed E-state index contributed by atoms with van der Waals surface area (Å²) in [6, 6.07) is 26.7. The molecule has 7 heteroatoms. The maximum absolute atomic E-state index is 12.8. The van der Waals surface area contributed by atoms with Crippen molar-refractivity contribution in [3.63, 3.8) is 0 Å². The Bertz CT molecular complexity index is 1360. The zero-order valence-electron chi connectivity index (χ0n) is 18.8. The number of carbonyl (C=O) groups is 2. The number of benzene rings is 4. The van der Waals surface area contributed by atoms with Crippen molar-refractivity contribution in [1.82, 2.24) is 0 Å². The van der Waals surface area contributed by atoms with Crippen LogP contribution in [0, 0.1) is 0 Å². The molecule has 0 bridgehead atoms. The highest BCUT2D eigenvalue weighted by Gasteiger charge is 2.17. The van der Waals surface area contributed by atoms with Crippen molar-refractivity contribution in [1.29, 1.82) is 0 Å². The Morgan fingerprint density at radius 1 is 0.857 bits per heavy atom. The van der Waals surface area contributed by atoms with Crippen molar-refractivity contribution < 1.29 is 19.4 Å². The predicted octanol–water partition coefficient (Wildman–Crippen LogP) is 6.00. The highest BCUT2D eigenvalue weighted by molar-refractivity contribution is 6.01. The molecule has 1 atom stereocenters. The molecule has 4 aromatic rings. The average Bonchev–Trinajstić information content (AvgIpc) is 2.85. The number of ether oxygens (including phenoxy) is 1. The Morgan fingerprint density at radius 2 is 1.54 bits per heavy atom. The van der Waals surface area contributed by atoms with Crippen LogP contribution in [0.5, 0.6) is 5.75 Å². The van der Waals surface area contributed by atoms with Crippen molar-refractivity contribution >= 4 is 39.8 Å². The van der Waals surface area contributed by atoms with Crippen LogP contribution >= 0.6 is 0 Å². The van der Waals surface area contributed by atoms with E-state index < -0.39 is 12.2 Å². The van der Waals surface area contributed by atoms with Gasteiger partial charge < -0.3 is 20.9 Å². The van der Waals surface area contributed by atoms with Crippen LogP contribution in [0.25, 0.3) is 10.8 Å². The minimum Gasteiger partial charge on any atom is -0.508 e. The topological polar surface area (TPSA) is 114 Å². The molecule has 4 rings (SSSR count). The smallest absolute Gasteiger partial charge is 0.412 e. The second-order valence-corrected chi connectivity index (χ2v) is 7.85. The Balaban J connectivity index is 1.46. The number of nitrogens with two attached hydrogens (primary N) is 1. The van der Waals surface area contributed by atoms with Crippen molar-refractivity contribution in [2.75, 3.05) is 16.4 Å². The fraction of sp³-hybridized carbons (Fsp3) is 0.0714.